The van der Waals surface area contributed by atoms with E-state index in [1.165, 1.54) is 0 Å². The van der Waals surface area contributed by atoms with Crippen molar-refractivity contribution >= 4 is 5.91 Å². The third-order valence-electron chi connectivity index (χ3n) is 3.09. The summed E-state index contributed by atoms with van der Waals surface area (Å²) in [6.07, 6.45) is 0.316. The van der Waals surface area contributed by atoms with Crippen LogP contribution in [0.3, 0.4) is 0 Å². The second-order valence-electron chi connectivity index (χ2n) is 4.73. The van der Waals surface area contributed by atoms with Gasteiger partial charge in [-0.3, -0.25) is 4.79 Å². The topological polar surface area (TPSA) is 64.3 Å². The summed E-state index contributed by atoms with van der Waals surface area (Å²) in [5.74, 6) is 0.712. The van der Waals surface area contributed by atoms with E-state index >= 15 is 0 Å². The number of amides is 1. The van der Waals surface area contributed by atoms with Crippen molar-refractivity contribution in [2.45, 2.75) is 12.5 Å². The Balaban J connectivity index is 1.66. The van der Waals surface area contributed by atoms with Crippen molar-refractivity contribution in [2.24, 2.45) is 5.73 Å². The molecule has 2 aromatic carbocycles. The fourth-order valence-corrected chi connectivity index (χ4v) is 1.91. The summed E-state index contributed by atoms with van der Waals surface area (Å²) in [5.41, 5.74) is 7.03. The highest BCUT2D eigenvalue weighted by atomic mass is 16.5. The standard InChI is InChI=1S/C17H20N2O2/c18-16(14-7-3-1-4-8-14)13-19-17(20)11-12-21-15-9-5-2-6-10-15/h1-10,16H,11-13,18H2,(H,19,20). The largest absolute Gasteiger partial charge is 0.493 e. The molecule has 3 N–H and O–H groups in total. The lowest BCUT2D eigenvalue weighted by Crippen LogP contribution is -2.32. The maximum atomic E-state index is 11.7. The van der Waals surface area contributed by atoms with Crippen LogP contribution in [-0.2, 0) is 4.79 Å². The van der Waals surface area contributed by atoms with Crippen LogP contribution in [0.1, 0.15) is 18.0 Å². The highest BCUT2D eigenvalue weighted by Crippen LogP contribution is 2.09. The van der Waals surface area contributed by atoms with Gasteiger partial charge in [0.25, 0.3) is 0 Å². The number of carbonyl (C=O) groups is 1. The minimum absolute atomic E-state index is 0.0580. The number of rotatable bonds is 7. The normalized spacial score (nSPS) is 11.7. The number of nitrogens with one attached hydrogen (secondary N) is 1. The van der Waals surface area contributed by atoms with E-state index in [1.54, 1.807) is 0 Å². The van der Waals surface area contributed by atoms with E-state index in [0.717, 1.165) is 11.3 Å². The minimum Gasteiger partial charge on any atom is -0.493 e. The Morgan fingerprint density at radius 2 is 1.67 bits per heavy atom. The molecular formula is C17H20N2O2. The molecule has 0 aromatic heterocycles. The van der Waals surface area contributed by atoms with Crippen molar-refractivity contribution in [3.8, 4) is 5.75 Å². The summed E-state index contributed by atoms with van der Waals surface area (Å²) in [5, 5.41) is 2.82. The molecule has 0 aliphatic rings. The number of hydrogen-bond acceptors (Lipinski definition) is 3. The van der Waals surface area contributed by atoms with Gasteiger partial charge in [0, 0.05) is 12.6 Å². The first-order valence-electron chi connectivity index (χ1n) is 7.01. The number of carbonyl (C=O) groups excluding carboxylic acids is 1. The second-order valence-corrected chi connectivity index (χ2v) is 4.73. The van der Waals surface area contributed by atoms with Crippen LogP contribution in [0.15, 0.2) is 60.7 Å². The molecule has 1 unspecified atom stereocenters. The summed E-state index contributed by atoms with van der Waals surface area (Å²) in [4.78, 5) is 11.7. The monoisotopic (exact) mass is 284 g/mol. The molecule has 0 heterocycles. The Morgan fingerprint density at radius 3 is 2.33 bits per heavy atom. The number of benzene rings is 2. The van der Waals surface area contributed by atoms with Crippen LogP contribution in [0, 0.1) is 0 Å². The molecule has 1 amide bonds. The number of para-hydroxylation sites is 1. The zero-order chi connectivity index (χ0) is 14.9. The lowest BCUT2D eigenvalue weighted by molar-refractivity contribution is -0.121. The SMILES string of the molecule is NC(CNC(=O)CCOc1ccccc1)c1ccccc1. The lowest BCUT2D eigenvalue weighted by Gasteiger charge is -2.13. The van der Waals surface area contributed by atoms with E-state index in [0.29, 0.717) is 19.6 Å². The van der Waals surface area contributed by atoms with E-state index < -0.39 is 0 Å². The van der Waals surface area contributed by atoms with Gasteiger partial charge in [0.2, 0.25) is 5.91 Å². The van der Waals surface area contributed by atoms with Crippen LogP contribution in [0.25, 0.3) is 0 Å². The Morgan fingerprint density at radius 1 is 1.05 bits per heavy atom. The zero-order valence-electron chi connectivity index (χ0n) is 11.9. The molecule has 0 saturated heterocycles. The molecule has 0 spiro atoms. The molecule has 1 atom stereocenters. The third kappa shape index (κ3) is 5.28. The molecule has 4 heteroatoms. The molecule has 4 nitrogen and oxygen atoms in total. The molecule has 2 aromatic rings. The smallest absolute Gasteiger partial charge is 0.223 e. The van der Waals surface area contributed by atoms with Crippen molar-refractivity contribution in [3.63, 3.8) is 0 Å². The van der Waals surface area contributed by atoms with Gasteiger partial charge in [-0.05, 0) is 17.7 Å². The first kappa shape index (κ1) is 15.1. The molecule has 21 heavy (non-hydrogen) atoms. The fraction of sp³-hybridized carbons (Fsp3) is 0.235. The van der Waals surface area contributed by atoms with Crippen molar-refractivity contribution in [2.75, 3.05) is 13.2 Å². The minimum atomic E-state index is -0.190. The number of hydrogen-bond donors (Lipinski definition) is 2. The van der Waals surface area contributed by atoms with Gasteiger partial charge in [0.05, 0.1) is 13.0 Å². The molecule has 0 saturated carbocycles. The van der Waals surface area contributed by atoms with Crippen molar-refractivity contribution in [1.29, 1.82) is 0 Å². The summed E-state index contributed by atoms with van der Waals surface area (Å²) in [6, 6.07) is 19.0. The highest BCUT2D eigenvalue weighted by molar-refractivity contribution is 5.76. The van der Waals surface area contributed by atoms with Gasteiger partial charge in [-0.25, -0.2) is 0 Å². The Hall–Kier alpha value is -2.33. The predicted molar refractivity (Wildman–Crippen MR) is 82.9 cm³/mol. The van der Waals surface area contributed by atoms with Gasteiger partial charge in [0.1, 0.15) is 5.75 Å². The van der Waals surface area contributed by atoms with Gasteiger partial charge < -0.3 is 15.8 Å². The highest BCUT2D eigenvalue weighted by Gasteiger charge is 2.07. The second kappa shape index (κ2) is 8.07. The maximum absolute atomic E-state index is 11.7. The third-order valence-corrected chi connectivity index (χ3v) is 3.09. The van der Waals surface area contributed by atoms with Crippen LogP contribution in [0.4, 0.5) is 0 Å². The van der Waals surface area contributed by atoms with Gasteiger partial charge in [-0.2, -0.15) is 0 Å². The fourth-order valence-electron chi connectivity index (χ4n) is 1.91. The molecular weight excluding hydrogens is 264 g/mol. The lowest BCUT2D eigenvalue weighted by atomic mass is 10.1. The van der Waals surface area contributed by atoms with Gasteiger partial charge >= 0.3 is 0 Å². The summed E-state index contributed by atoms with van der Waals surface area (Å²) in [6.45, 7) is 0.782. The van der Waals surface area contributed by atoms with Crippen molar-refractivity contribution in [3.05, 3.63) is 66.2 Å². The van der Waals surface area contributed by atoms with Crippen LogP contribution >= 0.6 is 0 Å². The van der Waals surface area contributed by atoms with Gasteiger partial charge in [0.15, 0.2) is 0 Å². The molecule has 0 radical (unpaired) electrons. The van der Waals surface area contributed by atoms with Gasteiger partial charge in [-0.1, -0.05) is 48.5 Å². The average molecular weight is 284 g/mol. The van der Waals surface area contributed by atoms with Gasteiger partial charge in [-0.15, -0.1) is 0 Å². The quantitative estimate of drug-likeness (QED) is 0.819. The number of ether oxygens (including phenoxy) is 1. The van der Waals surface area contributed by atoms with E-state index in [1.807, 2.05) is 60.7 Å². The van der Waals surface area contributed by atoms with E-state index in [2.05, 4.69) is 5.32 Å². The summed E-state index contributed by atoms with van der Waals surface area (Å²) < 4.78 is 5.48. The molecule has 0 aliphatic heterocycles. The molecule has 0 aliphatic carbocycles. The predicted octanol–water partition coefficient (Wildman–Crippen LogP) is 2.27. The average Bonchev–Trinajstić information content (AvgIpc) is 2.54. The van der Waals surface area contributed by atoms with Crippen LogP contribution in [-0.4, -0.2) is 19.1 Å². The Labute approximate surface area is 124 Å². The van der Waals surface area contributed by atoms with Crippen molar-refractivity contribution in [1.82, 2.24) is 5.32 Å². The molecule has 0 bridgehead atoms. The zero-order valence-corrected chi connectivity index (χ0v) is 11.9. The van der Waals surface area contributed by atoms with E-state index in [4.69, 9.17) is 10.5 Å². The summed E-state index contributed by atoms with van der Waals surface area (Å²) >= 11 is 0. The van der Waals surface area contributed by atoms with Crippen molar-refractivity contribution < 1.29 is 9.53 Å². The van der Waals surface area contributed by atoms with E-state index in [9.17, 15) is 4.79 Å². The Bertz CT molecular complexity index is 543. The molecule has 110 valence electrons. The summed E-state index contributed by atoms with van der Waals surface area (Å²) in [7, 11) is 0. The first-order valence-corrected chi connectivity index (χ1v) is 7.01. The van der Waals surface area contributed by atoms with Crippen LogP contribution < -0.4 is 15.8 Å². The van der Waals surface area contributed by atoms with Crippen LogP contribution in [0.2, 0.25) is 0 Å². The first-order chi connectivity index (χ1) is 10.3. The number of nitrogens with two attached hydrogens (primary N) is 1. The maximum Gasteiger partial charge on any atom is 0.223 e. The molecule has 2 rings (SSSR count). The van der Waals surface area contributed by atoms with E-state index in [-0.39, 0.29) is 11.9 Å². The van der Waals surface area contributed by atoms with Crippen LogP contribution in [0.5, 0.6) is 5.75 Å². The molecule has 0 fully saturated rings. The Kier molecular flexibility index (Phi) is 5.79.